The van der Waals surface area contributed by atoms with Crippen LogP contribution in [0.2, 0.25) is 0 Å². The Labute approximate surface area is 258 Å². The Morgan fingerprint density at radius 2 is 1.80 bits per heavy atom. The average Bonchev–Trinajstić information content (AvgIpc) is 3.72. The highest BCUT2D eigenvalue weighted by atomic mass is 16.5. The van der Waals surface area contributed by atoms with Crippen molar-refractivity contribution in [1.82, 2.24) is 9.47 Å². The number of aryl methyl sites for hydroxylation is 2. The van der Waals surface area contributed by atoms with E-state index >= 15 is 0 Å². The van der Waals surface area contributed by atoms with E-state index < -0.39 is 11.0 Å². The van der Waals surface area contributed by atoms with Gasteiger partial charge in [0.15, 0.2) is 17.6 Å². The molecule has 44 heavy (non-hydrogen) atoms. The van der Waals surface area contributed by atoms with Gasteiger partial charge in [0.05, 0.1) is 29.3 Å². The molecule has 3 aliphatic carbocycles. The summed E-state index contributed by atoms with van der Waals surface area (Å²) in [7, 11) is 1.74. The minimum absolute atomic E-state index is 0.0751. The van der Waals surface area contributed by atoms with Gasteiger partial charge in [0, 0.05) is 41.9 Å². The van der Waals surface area contributed by atoms with Crippen molar-refractivity contribution < 1.29 is 14.6 Å². The Morgan fingerprint density at radius 1 is 0.955 bits per heavy atom. The molecule has 1 aromatic heterocycles. The van der Waals surface area contributed by atoms with Crippen LogP contribution in [0, 0.1) is 5.92 Å². The molecular weight excluding hydrogens is 544 g/mol. The third kappa shape index (κ3) is 3.17. The highest BCUT2D eigenvalue weighted by molar-refractivity contribution is 6.08. The first kappa shape index (κ1) is 25.5. The molecule has 5 aliphatic rings. The van der Waals surface area contributed by atoms with Crippen molar-refractivity contribution in [2.45, 2.75) is 68.2 Å². The number of ether oxygens (including phenoxy) is 2. The van der Waals surface area contributed by atoms with Gasteiger partial charge in [0.2, 0.25) is 0 Å². The SMILES string of the molecule is COc1ccc2c3c1OC1c4c(c5ccc6ccccc6c5n4CCc4ccccc4)CC4(O)[C@@H](C2)N(CC2CC2)CC[C@]314. The Bertz CT molecular complexity index is 1980. The second kappa shape index (κ2) is 8.89. The maximum atomic E-state index is 13.4. The van der Waals surface area contributed by atoms with E-state index in [0.717, 1.165) is 56.3 Å². The summed E-state index contributed by atoms with van der Waals surface area (Å²) >= 11 is 0. The molecular formula is C39H38N2O3. The molecule has 0 amide bonds. The van der Waals surface area contributed by atoms with Gasteiger partial charge in [0.25, 0.3) is 0 Å². The molecule has 2 aliphatic heterocycles. The number of methoxy groups -OCH3 is 1. The van der Waals surface area contributed by atoms with Crippen LogP contribution in [0.4, 0.5) is 0 Å². The highest BCUT2D eigenvalue weighted by Gasteiger charge is 2.73. The van der Waals surface area contributed by atoms with Crippen molar-refractivity contribution in [3.8, 4) is 11.5 Å². The van der Waals surface area contributed by atoms with Crippen molar-refractivity contribution in [3.05, 3.63) is 107 Å². The van der Waals surface area contributed by atoms with E-state index in [2.05, 4.69) is 88.3 Å². The number of aliphatic hydroxyl groups is 1. The summed E-state index contributed by atoms with van der Waals surface area (Å²) in [5.41, 5.74) is 6.27. The lowest BCUT2D eigenvalue weighted by atomic mass is 9.49. The molecule has 2 unspecified atom stereocenters. The van der Waals surface area contributed by atoms with Crippen LogP contribution in [0.3, 0.4) is 0 Å². The molecule has 4 aromatic carbocycles. The number of likely N-dealkylation sites (tertiary alicyclic amines) is 1. The van der Waals surface area contributed by atoms with E-state index in [9.17, 15) is 5.11 Å². The molecule has 5 aromatic rings. The quantitative estimate of drug-likeness (QED) is 0.241. The molecule has 5 heteroatoms. The summed E-state index contributed by atoms with van der Waals surface area (Å²) < 4.78 is 15.8. The zero-order chi connectivity index (χ0) is 29.2. The van der Waals surface area contributed by atoms with Crippen LogP contribution in [0.5, 0.6) is 11.5 Å². The first-order chi connectivity index (χ1) is 21.6. The van der Waals surface area contributed by atoms with Crippen molar-refractivity contribution in [2.24, 2.45) is 5.92 Å². The van der Waals surface area contributed by atoms with Gasteiger partial charge < -0.3 is 19.1 Å². The van der Waals surface area contributed by atoms with Gasteiger partial charge in [-0.25, -0.2) is 0 Å². The van der Waals surface area contributed by atoms with E-state index in [1.807, 2.05) is 0 Å². The smallest absolute Gasteiger partial charge is 0.166 e. The van der Waals surface area contributed by atoms with E-state index in [-0.39, 0.29) is 12.1 Å². The summed E-state index contributed by atoms with van der Waals surface area (Å²) in [6.45, 7) is 2.96. The maximum absolute atomic E-state index is 13.4. The third-order valence-corrected chi connectivity index (χ3v) is 12.0. The number of nitrogens with zero attached hydrogens (tertiary/aromatic N) is 2. The van der Waals surface area contributed by atoms with Gasteiger partial charge in [0.1, 0.15) is 0 Å². The fraction of sp³-hybridized carbons (Fsp3) is 0.385. The van der Waals surface area contributed by atoms with E-state index in [0.29, 0.717) is 6.42 Å². The molecule has 2 fully saturated rings. The van der Waals surface area contributed by atoms with Crippen LogP contribution >= 0.6 is 0 Å². The number of fused-ring (bicyclic) bond motifs is 6. The summed E-state index contributed by atoms with van der Waals surface area (Å²) in [5.74, 6) is 2.43. The van der Waals surface area contributed by atoms with Gasteiger partial charge >= 0.3 is 0 Å². The third-order valence-electron chi connectivity index (χ3n) is 12.0. The van der Waals surface area contributed by atoms with Crippen molar-refractivity contribution in [3.63, 3.8) is 0 Å². The number of rotatable bonds is 6. The Kier molecular flexibility index (Phi) is 5.16. The summed E-state index contributed by atoms with van der Waals surface area (Å²) in [4.78, 5) is 2.65. The number of piperidine rings is 1. The zero-order valence-electron chi connectivity index (χ0n) is 25.3. The van der Waals surface area contributed by atoms with Crippen LogP contribution < -0.4 is 9.47 Å². The Morgan fingerprint density at radius 3 is 2.64 bits per heavy atom. The lowest BCUT2D eigenvalue weighted by Gasteiger charge is -2.63. The molecule has 5 nitrogen and oxygen atoms in total. The topological polar surface area (TPSA) is 46.9 Å². The first-order valence-corrected chi connectivity index (χ1v) is 16.5. The first-order valence-electron chi connectivity index (χ1n) is 16.5. The monoisotopic (exact) mass is 582 g/mol. The van der Waals surface area contributed by atoms with Crippen molar-refractivity contribution in [1.29, 1.82) is 0 Å². The summed E-state index contributed by atoms with van der Waals surface area (Å²) in [5, 5.41) is 17.2. The second-order valence-electron chi connectivity index (χ2n) is 14.0. The molecule has 0 radical (unpaired) electrons. The fourth-order valence-corrected chi connectivity index (χ4v) is 9.89. The Balaban J connectivity index is 1.25. The number of hydrogen-bond donors (Lipinski definition) is 1. The number of benzene rings is 4. The van der Waals surface area contributed by atoms with Crippen LogP contribution in [0.15, 0.2) is 78.9 Å². The molecule has 1 saturated carbocycles. The van der Waals surface area contributed by atoms with E-state index in [1.54, 1.807) is 7.11 Å². The standard InChI is InChI=1S/C39H38N2O3/c1-43-31-16-14-27-21-32-39(42)22-30-29-15-13-26-9-5-6-10-28(26)34(29)41(19-17-24-7-3-2-4-8-24)35(30)37-38(39,33(27)36(31)44-37)18-20-40(32)23-25-11-12-25/h2-10,13-16,25,32,37,42H,11-12,17-23H2,1H3/t32-,37?,38+,39?/m1/s1. The zero-order valence-corrected chi connectivity index (χ0v) is 25.3. The summed E-state index contributed by atoms with van der Waals surface area (Å²) in [6.07, 6.45) is 5.71. The van der Waals surface area contributed by atoms with Crippen LogP contribution in [0.1, 0.15) is 53.3 Å². The van der Waals surface area contributed by atoms with Gasteiger partial charge in [-0.15, -0.1) is 0 Å². The lowest BCUT2D eigenvalue weighted by Crippen LogP contribution is -2.74. The molecule has 4 atom stereocenters. The van der Waals surface area contributed by atoms with Gasteiger partial charge in [-0.3, -0.25) is 4.90 Å². The number of aromatic nitrogens is 1. The van der Waals surface area contributed by atoms with Gasteiger partial charge in [-0.2, -0.15) is 0 Å². The maximum Gasteiger partial charge on any atom is 0.166 e. The molecule has 10 rings (SSSR count). The molecule has 1 N–H and O–H groups in total. The average molecular weight is 583 g/mol. The predicted octanol–water partition coefficient (Wildman–Crippen LogP) is 6.74. The van der Waals surface area contributed by atoms with Gasteiger partial charge in [-0.1, -0.05) is 72.8 Å². The summed E-state index contributed by atoms with van der Waals surface area (Å²) in [6, 6.07) is 28.6. The predicted molar refractivity (Wildman–Crippen MR) is 173 cm³/mol. The molecule has 1 spiro atoms. The highest BCUT2D eigenvalue weighted by Crippen LogP contribution is 2.69. The van der Waals surface area contributed by atoms with Gasteiger partial charge in [-0.05, 0) is 72.7 Å². The largest absolute Gasteiger partial charge is 0.493 e. The molecule has 222 valence electrons. The second-order valence-corrected chi connectivity index (χ2v) is 14.0. The van der Waals surface area contributed by atoms with Crippen molar-refractivity contribution in [2.75, 3.05) is 20.2 Å². The minimum atomic E-state index is -0.924. The van der Waals surface area contributed by atoms with E-state index in [1.165, 1.54) is 62.5 Å². The number of hydrogen-bond acceptors (Lipinski definition) is 4. The lowest BCUT2D eigenvalue weighted by molar-refractivity contribution is -0.173. The van der Waals surface area contributed by atoms with Crippen molar-refractivity contribution >= 4 is 21.7 Å². The van der Waals surface area contributed by atoms with Crippen LogP contribution in [0.25, 0.3) is 21.7 Å². The molecule has 1 saturated heterocycles. The minimum Gasteiger partial charge on any atom is -0.493 e. The molecule has 3 heterocycles. The van der Waals surface area contributed by atoms with Crippen LogP contribution in [-0.2, 0) is 31.2 Å². The van der Waals surface area contributed by atoms with E-state index in [4.69, 9.17) is 9.47 Å². The molecule has 2 bridgehead atoms. The Hall–Kier alpha value is -3.80. The van der Waals surface area contributed by atoms with Crippen LogP contribution in [-0.4, -0.2) is 46.4 Å². The normalized spacial score (nSPS) is 28.1. The fourth-order valence-electron chi connectivity index (χ4n) is 9.89.